The number of benzene rings is 1. The predicted octanol–water partition coefficient (Wildman–Crippen LogP) is 2.85. The largest absolute Gasteiger partial charge is 0.496 e. The molecule has 1 aliphatic heterocycles. The first kappa shape index (κ1) is 14.8. The molecule has 1 saturated heterocycles. The Morgan fingerprint density at radius 2 is 2.11 bits per heavy atom. The van der Waals surface area contributed by atoms with Crippen molar-refractivity contribution in [2.75, 3.05) is 26.7 Å². The van der Waals surface area contributed by atoms with Gasteiger partial charge in [-0.25, -0.2) is 0 Å². The minimum atomic E-state index is -0.0807. The molecule has 1 aliphatic rings. The monoisotopic (exact) mass is 327 g/mol. The van der Waals surface area contributed by atoms with Crippen LogP contribution in [-0.4, -0.2) is 42.9 Å². The van der Waals surface area contributed by atoms with Crippen LogP contribution in [0.5, 0.6) is 5.75 Å². The van der Waals surface area contributed by atoms with Crippen LogP contribution in [0.3, 0.4) is 0 Å². The van der Waals surface area contributed by atoms with Gasteiger partial charge in [0, 0.05) is 17.6 Å². The van der Waals surface area contributed by atoms with Crippen LogP contribution in [0.2, 0.25) is 0 Å². The van der Waals surface area contributed by atoms with E-state index >= 15 is 0 Å². The van der Waals surface area contributed by atoms with Crippen LogP contribution in [0.15, 0.2) is 22.7 Å². The highest BCUT2D eigenvalue weighted by atomic mass is 79.9. The summed E-state index contributed by atoms with van der Waals surface area (Å²) in [4.78, 5) is 2.44. The Labute approximate surface area is 123 Å². The smallest absolute Gasteiger partial charge is 0.123 e. The van der Waals surface area contributed by atoms with Crippen molar-refractivity contribution in [1.29, 1.82) is 0 Å². The zero-order valence-corrected chi connectivity index (χ0v) is 13.0. The number of aliphatic hydroxyl groups excluding tert-OH is 1. The van der Waals surface area contributed by atoms with Crippen LogP contribution in [0.4, 0.5) is 0 Å². The number of rotatable bonds is 5. The molecule has 0 atom stereocenters. The fourth-order valence-electron chi connectivity index (χ4n) is 2.56. The highest BCUT2D eigenvalue weighted by Gasteiger charge is 2.16. The lowest BCUT2D eigenvalue weighted by Crippen LogP contribution is -2.36. The van der Waals surface area contributed by atoms with Crippen molar-refractivity contribution in [1.82, 2.24) is 4.90 Å². The van der Waals surface area contributed by atoms with E-state index in [0.29, 0.717) is 0 Å². The molecule has 1 aromatic carbocycles. The van der Waals surface area contributed by atoms with E-state index in [1.165, 1.54) is 5.56 Å². The average Bonchev–Trinajstić information content (AvgIpc) is 2.42. The predicted molar refractivity (Wildman–Crippen MR) is 80.7 cm³/mol. The number of methoxy groups -OCH3 is 1. The molecular formula is C15H22BrNO2. The van der Waals surface area contributed by atoms with E-state index in [2.05, 4.69) is 33.0 Å². The van der Waals surface area contributed by atoms with Gasteiger partial charge in [0.1, 0.15) is 5.75 Å². The number of aryl methyl sites for hydroxylation is 1. The van der Waals surface area contributed by atoms with Crippen molar-refractivity contribution < 1.29 is 9.84 Å². The number of likely N-dealkylation sites (tertiary alicyclic amines) is 1. The minimum Gasteiger partial charge on any atom is -0.496 e. The van der Waals surface area contributed by atoms with Crippen molar-refractivity contribution in [2.45, 2.75) is 31.8 Å². The molecule has 0 aromatic heterocycles. The quantitative estimate of drug-likeness (QED) is 0.902. The van der Waals surface area contributed by atoms with E-state index in [4.69, 9.17) is 4.74 Å². The summed E-state index contributed by atoms with van der Waals surface area (Å²) in [5.41, 5.74) is 1.27. The van der Waals surface area contributed by atoms with Gasteiger partial charge in [0.25, 0.3) is 0 Å². The third-order valence-corrected chi connectivity index (χ3v) is 4.22. The SMILES string of the molecule is COc1cc(Br)ccc1CCCN1CCC(O)CC1. The Kier molecular flexibility index (Phi) is 5.67. The highest BCUT2D eigenvalue weighted by molar-refractivity contribution is 9.10. The topological polar surface area (TPSA) is 32.7 Å². The van der Waals surface area contributed by atoms with Gasteiger partial charge in [-0.05, 0) is 49.9 Å². The van der Waals surface area contributed by atoms with Gasteiger partial charge in [0.05, 0.1) is 13.2 Å². The molecule has 3 nitrogen and oxygen atoms in total. The van der Waals surface area contributed by atoms with Crippen molar-refractivity contribution in [3.63, 3.8) is 0 Å². The van der Waals surface area contributed by atoms with Gasteiger partial charge in [0.15, 0.2) is 0 Å². The maximum absolute atomic E-state index is 9.48. The summed E-state index contributed by atoms with van der Waals surface area (Å²) in [6, 6.07) is 6.21. The molecule has 0 bridgehead atoms. The van der Waals surface area contributed by atoms with Crippen LogP contribution in [0.25, 0.3) is 0 Å². The van der Waals surface area contributed by atoms with Gasteiger partial charge in [-0.1, -0.05) is 22.0 Å². The summed E-state index contributed by atoms with van der Waals surface area (Å²) in [5.74, 6) is 0.962. The molecule has 1 N–H and O–H groups in total. The molecule has 1 heterocycles. The Hall–Kier alpha value is -0.580. The molecule has 19 heavy (non-hydrogen) atoms. The van der Waals surface area contributed by atoms with Gasteiger partial charge < -0.3 is 14.7 Å². The number of aliphatic hydroxyl groups is 1. The molecule has 2 rings (SSSR count). The number of halogens is 1. The van der Waals surface area contributed by atoms with Crippen molar-refractivity contribution in [2.24, 2.45) is 0 Å². The van der Waals surface area contributed by atoms with Gasteiger partial charge >= 0.3 is 0 Å². The first-order chi connectivity index (χ1) is 9.19. The van der Waals surface area contributed by atoms with Crippen LogP contribution >= 0.6 is 15.9 Å². The lowest BCUT2D eigenvalue weighted by atomic mass is 10.1. The Bertz CT molecular complexity index is 403. The second kappa shape index (κ2) is 7.27. The summed E-state index contributed by atoms with van der Waals surface area (Å²) in [6.07, 6.45) is 3.93. The summed E-state index contributed by atoms with van der Waals surface area (Å²) < 4.78 is 6.46. The molecule has 0 aliphatic carbocycles. The maximum atomic E-state index is 9.48. The van der Waals surface area contributed by atoms with Crippen LogP contribution < -0.4 is 4.74 Å². The van der Waals surface area contributed by atoms with E-state index in [9.17, 15) is 5.11 Å². The second-order valence-corrected chi connectivity index (χ2v) is 6.05. The average molecular weight is 328 g/mol. The molecule has 0 spiro atoms. The summed E-state index contributed by atoms with van der Waals surface area (Å²) >= 11 is 3.46. The molecule has 0 amide bonds. The minimum absolute atomic E-state index is 0.0807. The first-order valence-corrected chi connectivity index (χ1v) is 7.71. The zero-order valence-electron chi connectivity index (χ0n) is 11.4. The Morgan fingerprint density at radius 1 is 1.37 bits per heavy atom. The van der Waals surface area contributed by atoms with E-state index < -0.39 is 0 Å². The number of piperidine rings is 1. The van der Waals surface area contributed by atoms with Crippen molar-refractivity contribution >= 4 is 15.9 Å². The van der Waals surface area contributed by atoms with Crippen LogP contribution in [0, 0.1) is 0 Å². The lowest BCUT2D eigenvalue weighted by molar-refractivity contribution is 0.0821. The molecule has 4 heteroatoms. The summed E-state index contributed by atoms with van der Waals surface area (Å²) in [7, 11) is 1.72. The maximum Gasteiger partial charge on any atom is 0.123 e. The van der Waals surface area contributed by atoms with Crippen LogP contribution in [-0.2, 0) is 6.42 Å². The Balaban J connectivity index is 1.79. The Morgan fingerprint density at radius 3 is 2.79 bits per heavy atom. The molecule has 0 saturated carbocycles. The van der Waals surface area contributed by atoms with Gasteiger partial charge in [0.2, 0.25) is 0 Å². The summed E-state index contributed by atoms with van der Waals surface area (Å²) in [5, 5.41) is 9.48. The number of hydrogen-bond acceptors (Lipinski definition) is 3. The van der Waals surface area contributed by atoms with E-state index in [1.54, 1.807) is 7.11 Å². The molecule has 1 fully saturated rings. The standard InChI is InChI=1S/C15H22BrNO2/c1-19-15-11-13(16)5-4-12(15)3-2-8-17-9-6-14(18)7-10-17/h4-5,11,14,18H,2-3,6-10H2,1H3. The third kappa shape index (κ3) is 4.48. The van der Waals surface area contributed by atoms with Gasteiger partial charge in [-0.15, -0.1) is 0 Å². The lowest BCUT2D eigenvalue weighted by Gasteiger charge is -2.29. The summed E-state index contributed by atoms with van der Waals surface area (Å²) in [6.45, 7) is 3.16. The molecule has 0 radical (unpaired) electrons. The molecule has 0 unspecified atom stereocenters. The normalized spacial score (nSPS) is 17.6. The number of nitrogens with zero attached hydrogens (tertiary/aromatic N) is 1. The van der Waals surface area contributed by atoms with E-state index in [-0.39, 0.29) is 6.10 Å². The number of ether oxygens (including phenoxy) is 1. The van der Waals surface area contributed by atoms with Crippen LogP contribution in [0.1, 0.15) is 24.8 Å². The molecule has 1 aromatic rings. The highest BCUT2D eigenvalue weighted by Crippen LogP contribution is 2.24. The number of hydrogen-bond donors (Lipinski definition) is 1. The fourth-order valence-corrected chi connectivity index (χ4v) is 2.90. The first-order valence-electron chi connectivity index (χ1n) is 6.92. The fraction of sp³-hybridized carbons (Fsp3) is 0.600. The van der Waals surface area contributed by atoms with Crippen molar-refractivity contribution in [3.05, 3.63) is 28.2 Å². The van der Waals surface area contributed by atoms with Gasteiger partial charge in [-0.2, -0.15) is 0 Å². The van der Waals surface area contributed by atoms with Crippen molar-refractivity contribution in [3.8, 4) is 5.75 Å². The van der Waals surface area contributed by atoms with E-state index in [1.807, 2.05) is 6.07 Å². The second-order valence-electron chi connectivity index (χ2n) is 5.13. The zero-order chi connectivity index (χ0) is 13.7. The van der Waals surface area contributed by atoms with E-state index in [0.717, 1.165) is 55.5 Å². The van der Waals surface area contributed by atoms with Gasteiger partial charge in [-0.3, -0.25) is 0 Å². The molecule has 106 valence electrons. The molecular weight excluding hydrogens is 306 g/mol. The third-order valence-electron chi connectivity index (χ3n) is 3.73.